The van der Waals surface area contributed by atoms with Crippen LogP contribution in [0.5, 0.6) is 0 Å². The number of nitrogens with zero attached hydrogens (tertiary/aromatic N) is 2. The van der Waals surface area contributed by atoms with Gasteiger partial charge >= 0.3 is 0 Å². The highest BCUT2D eigenvalue weighted by Gasteiger charge is 2.32. The minimum absolute atomic E-state index is 0. The zero-order chi connectivity index (χ0) is 20.6. The summed E-state index contributed by atoms with van der Waals surface area (Å²) in [6.07, 6.45) is 0. The van der Waals surface area contributed by atoms with Crippen molar-refractivity contribution in [3.63, 3.8) is 0 Å². The Labute approximate surface area is 190 Å². The van der Waals surface area contributed by atoms with Crippen molar-refractivity contribution in [3.05, 3.63) is 71.8 Å². The average Bonchev–Trinajstić information content (AvgIpc) is 2.70. The molecule has 0 aliphatic heterocycles. The minimum Gasteiger partial charge on any atom is -0.350 e. The second kappa shape index (κ2) is 12.3. The second-order valence-electron chi connectivity index (χ2n) is 7.65. The third-order valence-corrected chi connectivity index (χ3v) is 4.25. The number of carbonyl (C=O) groups is 2. The summed E-state index contributed by atoms with van der Waals surface area (Å²) in [6.45, 7) is 7.53. The predicted octanol–water partition coefficient (Wildman–Crippen LogP) is 4.47. The summed E-state index contributed by atoms with van der Waals surface area (Å²) in [5, 5.41) is 14.1. The Morgan fingerprint density at radius 3 is 1.27 bits per heavy atom. The van der Waals surface area contributed by atoms with Crippen molar-refractivity contribution in [1.82, 2.24) is 10.6 Å². The molecule has 2 rings (SSSR count). The van der Waals surface area contributed by atoms with Gasteiger partial charge in [-0.3, -0.25) is 9.59 Å². The molecule has 0 unspecified atom stereocenters. The number of benzene rings is 2. The first-order valence-electron chi connectivity index (χ1n) is 9.29. The summed E-state index contributed by atoms with van der Waals surface area (Å²) in [7, 11) is 0. The normalized spacial score (nSPS) is 11.2. The van der Waals surface area contributed by atoms with E-state index in [1.165, 1.54) is 0 Å². The van der Waals surface area contributed by atoms with E-state index >= 15 is 0 Å². The summed E-state index contributed by atoms with van der Waals surface area (Å²) >= 11 is 0. The first kappa shape index (κ1) is 27.6. The van der Waals surface area contributed by atoms with E-state index in [1.54, 1.807) is 27.7 Å². The van der Waals surface area contributed by atoms with Gasteiger partial charge in [-0.15, -0.1) is 24.8 Å². The number of nitrogens with one attached hydrogen (secondary N) is 2. The Hall–Kier alpha value is -2.44. The molecule has 2 amide bonds. The predicted molar refractivity (Wildman–Crippen MR) is 124 cm³/mol. The van der Waals surface area contributed by atoms with Crippen LogP contribution in [0.1, 0.15) is 38.8 Å². The molecule has 0 aliphatic rings. The Kier molecular flexibility index (Phi) is 11.3. The lowest BCUT2D eigenvalue weighted by molar-refractivity contribution is -0.127. The summed E-state index contributed by atoms with van der Waals surface area (Å²) < 4.78 is 0. The molecule has 164 valence electrons. The zero-order valence-corrected chi connectivity index (χ0v) is 19.3. The lowest BCUT2D eigenvalue weighted by Crippen LogP contribution is -2.43. The molecule has 0 spiro atoms. The molecule has 0 saturated heterocycles. The molecule has 6 nitrogen and oxygen atoms in total. The molecule has 30 heavy (non-hydrogen) atoms. The van der Waals surface area contributed by atoms with Gasteiger partial charge in [0, 0.05) is 13.1 Å². The second-order valence-corrected chi connectivity index (χ2v) is 7.65. The van der Waals surface area contributed by atoms with E-state index in [-0.39, 0.29) is 36.6 Å². The lowest BCUT2D eigenvalue weighted by Gasteiger charge is -2.22. The first-order chi connectivity index (χ1) is 13.2. The van der Waals surface area contributed by atoms with E-state index in [9.17, 15) is 9.59 Å². The fraction of sp³-hybridized carbons (Fsp3) is 0.364. The van der Waals surface area contributed by atoms with Crippen molar-refractivity contribution in [2.75, 3.05) is 0 Å². The molecule has 2 aromatic carbocycles. The van der Waals surface area contributed by atoms with Crippen LogP contribution in [-0.4, -0.2) is 22.9 Å². The third kappa shape index (κ3) is 8.51. The van der Waals surface area contributed by atoms with Gasteiger partial charge in [0.25, 0.3) is 0 Å². The van der Waals surface area contributed by atoms with E-state index in [0.29, 0.717) is 13.1 Å². The van der Waals surface area contributed by atoms with Gasteiger partial charge in [-0.05, 0) is 38.8 Å². The van der Waals surface area contributed by atoms with Gasteiger partial charge in [-0.2, -0.15) is 10.2 Å². The molecule has 0 heterocycles. The van der Waals surface area contributed by atoms with Crippen molar-refractivity contribution < 1.29 is 9.59 Å². The van der Waals surface area contributed by atoms with Crippen molar-refractivity contribution >= 4 is 36.6 Å². The Balaban J connectivity index is 0.00000420. The maximum Gasteiger partial charge on any atom is 0.249 e. The van der Waals surface area contributed by atoms with Gasteiger partial charge < -0.3 is 10.6 Å². The van der Waals surface area contributed by atoms with Gasteiger partial charge in [0.2, 0.25) is 11.8 Å². The number of hydrogen-bond donors (Lipinski definition) is 2. The number of halogens is 2. The molecule has 0 bridgehead atoms. The van der Waals surface area contributed by atoms with Gasteiger partial charge in [-0.1, -0.05) is 60.7 Å². The van der Waals surface area contributed by atoms with Crippen LogP contribution >= 0.6 is 24.8 Å². The largest absolute Gasteiger partial charge is 0.350 e. The summed E-state index contributed by atoms with van der Waals surface area (Å²) in [5.41, 5.74) is -0.147. The van der Waals surface area contributed by atoms with Crippen LogP contribution in [0.25, 0.3) is 0 Å². The van der Waals surface area contributed by atoms with E-state index < -0.39 is 11.1 Å². The molecule has 8 heteroatoms. The Morgan fingerprint density at radius 2 is 0.967 bits per heavy atom. The molecule has 0 aromatic heterocycles. The molecule has 0 fully saturated rings. The fourth-order valence-electron chi connectivity index (χ4n) is 2.33. The van der Waals surface area contributed by atoms with Gasteiger partial charge in [0.05, 0.1) is 0 Å². The third-order valence-electron chi connectivity index (χ3n) is 4.25. The van der Waals surface area contributed by atoms with Crippen molar-refractivity contribution in [3.8, 4) is 0 Å². The number of rotatable bonds is 8. The van der Waals surface area contributed by atoms with Gasteiger partial charge in [-0.25, -0.2) is 0 Å². The molecule has 0 saturated carbocycles. The van der Waals surface area contributed by atoms with Crippen molar-refractivity contribution in [2.45, 2.75) is 51.9 Å². The Bertz CT molecular complexity index is 756. The van der Waals surface area contributed by atoms with Crippen LogP contribution in [0.3, 0.4) is 0 Å². The minimum atomic E-state index is -1.08. The molecular weight excluding hydrogens is 423 g/mol. The number of amides is 2. The van der Waals surface area contributed by atoms with Gasteiger partial charge in [0.1, 0.15) is 0 Å². The van der Waals surface area contributed by atoms with Crippen molar-refractivity contribution in [1.29, 1.82) is 0 Å². The molecule has 0 radical (unpaired) electrons. The Morgan fingerprint density at radius 1 is 0.667 bits per heavy atom. The lowest BCUT2D eigenvalue weighted by atomic mass is 10.0. The number of hydrogen-bond acceptors (Lipinski definition) is 4. The maximum absolute atomic E-state index is 12.5. The van der Waals surface area contributed by atoms with Crippen LogP contribution in [-0.2, 0) is 22.7 Å². The topological polar surface area (TPSA) is 82.9 Å². The number of carbonyl (C=O) groups excluding carboxylic acids is 2. The standard InChI is InChI=1S/C22H28N4O2.2ClH/c1-21(2,19(27)23-15-17-11-7-5-8-12-17)25-26-22(3,4)20(28)24-16-18-13-9-6-10-14-18;;/h5-14H,15-16H2,1-4H3,(H,23,27)(H,24,28);2*1H. The highest BCUT2D eigenvalue weighted by Crippen LogP contribution is 2.17. The highest BCUT2D eigenvalue weighted by molar-refractivity contribution is 5.86. The fourth-order valence-corrected chi connectivity index (χ4v) is 2.33. The van der Waals surface area contributed by atoms with Crippen molar-refractivity contribution in [2.24, 2.45) is 10.2 Å². The molecule has 0 atom stereocenters. The number of azo groups is 1. The van der Waals surface area contributed by atoms with Crippen LogP contribution in [0.15, 0.2) is 70.9 Å². The van der Waals surface area contributed by atoms with Crippen LogP contribution in [0.4, 0.5) is 0 Å². The summed E-state index contributed by atoms with van der Waals surface area (Å²) in [4.78, 5) is 24.9. The maximum atomic E-state index is 12.5. The summed E-state index contributed by atoms with van der Waals surface area (Å²) in [5.74, 6) is -0.499. The molecular formula is C22H30Cl2N4O2. The van der Waals surface area contributed by atoms with Crippen LogP contribution < -0.4 is 10.6 Å². The highest BCUT2D eigenvalue weighted by atomic mass is 35.5. The van der Waals surface area contributed by atoms with E-state index in [4.69, 9.17) is 0 Å². The van der Waals surface area contributed by atoms with Crippen LogP contribution in [0.2, 0.25) is 0 Å². The quantitative estimate of drug-likeness (QED) is 0.578. The molecule has 2 aromatic rings. The van der Waals surface area contributed by atoms with E-state index in [0.717, 1.165) is 11.1 Å². The summed E-state index contributed by atoms with van der Waals surface area (Å²) in [6, 6.07) is 19.3. The van der Waals surface area contributed by atoms with Gasteiger partial charge in [0.15, 0.2) is 11.1 Å². The monoisotopic (exact) mass is 452 g/mol. The SMILES string of the molecule is CC(C)(N=NC(C)(C)C(=O)NCc1ccccc1)C(=O)NCc1ccccc1.Cl.Cl. The first-order valence-corrected chi connectivity index (χ1v) is 9.29. The average molecular weight is 453 g/mol. The smallest absolute Gasteiger partial charge is 0.249 e. The zero-order valence-electron chi connectivity index (χ0n) is 17.7. The van der Waals surface area contributed by atoms with E-state index in [2.05, 4.69) is 20.9 Å². The van der Waals surface area contributed by atoms with E-state index in [1.807, 2.05) is 60.7 Å². The van der Waals surface area contributed by atoms with Crippen LogP contribution in [0, 0.1) is 0 Å². The molecule has 0 aliphatic carbocycles. The molecule has 2 N–H and O–H groups in total.